The second-order valence-corrected chi connectivity index (χ2v) is 4.72. The number of amides is 1. The van der Waals surface area contributed by atoms with Gasteiger partial charge in [0.25, 0.3) is 0 Å². The number of nitrogens with one attached hydrogen (secondary N) is 2. The smallest absolute Gasteiger partial charge is 0.243 e. The summed E-state index contributed by atoms with van der Waals surface area (Å²) >= 11 is 0. The van der Waals surface area contributed by atoms with Crippen LogP contribution in [-0.2, 0) is 14.3 Å². The molecule has 0 aliphatic carbocycles. The van der Waals surface area contributed by atoms with Crippen molar-refractivity contribution < 1.29 is 14.3 Å². The predicted octanol–water partition coefficient (Wildman–Crippen LogP) is 0.691. The Morgan fingerprint density at radius 1 is 1.14 bits per heavy atom. The Kier molecular flexibility index (Phi) is 18.0. The Bertz CT molecular complexity index is 302. The van der Waals surface area contributed by atoms with E-state index in [0.29, 0.717) is 19.2 Å². The maximum absolute atomic E-state index is 11.5. The molecule has 0 spiro atoms. The lowest BCUT2D eigenvalue weighted by molar-refractivity contribution is -0.127. The summed E-state index contributed by atoms with van der Waals surface area (Å²) in [5.41, 5.74) is 0. The fraction of sp³-hybridized carbons (Fsp3) is 0.857. The van der Waals surface area contributed by atoms with Crippen LogP contribution in [0.1, 0.15) is 19.8 Å². The van der Waals surface area contributed by atoms with Crippen molar-refractivity contribution in [3.63, 3.8) is 0 Å². The minimum atomic E-state index is -0.0150. The summed E-state index contributed by atoms with van der Waals surface area (Å²) in [5, 5.41) is 6.32. The average Bonchev–Trinajstić information content (AvgIpc) is 2.46. The van der Waals surface area contributed by atoms with Crippen LogP contribution >= 0.6 is 24.0 Å². The molecular weight excluding hydrogens is 399 g/mol. The molecule has 0 heterocycles. The number of methoxy groups -OCH3 is 1. The molecule has 8 heteroatoms. The lowest BCUT2D eigenvalue weighted by Gasteiger charge is -2.12. The van der Waals surface area contributed by atoms with E-state index < -0.39 is 0 Å². The van der Waals surface area contributed by atoms with Gasteiger partial charge in [-0.15, -0.1) is 24.0 Å². The molecule has 1 amide bonds. The van der Waals surface area contributed by atoms with Crippen LogP contribution in [-0.4, -0.2) is 77.4 Å². The van der Waals surface area contributed by atoms with Gasteiger partial charge < -0.3 is 25.0 Å². The van der Waals surface area contributed by atoms with Gasteiger partial charge in [-0.25, -0.2) is 4.99 Å². The fourth-order valence-electron chi connectivity index (χ4n) is 1.41. The van der Waals surface area contributed by atoms with E-state index in [-0.39, 0.29) is 36.4 Å². The molecule has 0 aromatic heterocycles. The monoisotopic (exact) mass is 430 g/mol. The summed E-state index contributed by atoms with van der Waals surface area (Å²) in [6, 6.07) is 0. The standard InChI is InChI=1S/C14H30N4O3.HI/c1-5-15-14(17-12-13(19)18(2)3)16-8-6-7-9-21-11-10-20-4;/h5-12H2,1-4H3,(H2,15,16,17);1H. The van der Waals surface area contributed by atoms with E-state index in [1.807, 2.05) is 6.92 Å². The number of ether oxygens (including phenoxy) is 2. The van der Waals surface area contributed by atoms with Gasteiger partial charge in [0.2, 0.25) is 5.91 Å². The summed E-state index contributed by atoms with van der Waals surface area (Å²) in [7, 11) is 5.11. The van der Waals surface area contributed by atoms with Gasteiger partial charge in [-0.1, -0.05) is 0 Å². The second kappa shape index (κ2) is 16.8. The number of nitrogens with zero attached hydrogens (tertiary/aromatic N) is 2. The van der Waals surface area contributed by atoms with Gasteiger partial charge in [0, 0.05) is 40.9 Å². The first-order valence-corrected chi connectivity index (χ1v) is 7.40. The van der Waals surface area contributed by atoms with Crippen molar-refractivity contribution in [1.29, 1.82) is 0 Å². The molecular formula is C14H31IN4O3. The van der Waals surface area contributed by atoms with E-state index in [1.165, 1.54) is 4.90 Å². The molecule has 22 heavy (non-hydrogen) atoms. The maximum atomic E-state index is 11.5. The zero-order valence-corrected chi connectivity index (χ0v) is 16.5. The second-order valence-electron chi connectivity index (χ2n) is 4.72. The molecule has 0 unspecified atom stereocenters. The lowest BCUT2D eigenvalue weighted by Crippen LogP contribution is -2.38. The van der Waals surface area contributed by atoms with Crippen LogP contribution in [0.3, 0.4) is 0 Å². The molecule has 132 valence electrons. The number of carbonyl (C=O) groups excluding carboxylic acids is 1. The third kappa shape index (κ3) is 14.3. The molecule has 2 N–H and O–H groups in total. The zero-order valence-electron chi connectivity index (χ0n) is 14.2. The first-order valence-electron chi connectivity index (χ1n) is 7.40. The first-order chi connectivity index (χ1) is 10.1. The highest BCUT2D eigenvalue weighted by molar-refractivity contribution is 14.0. The van der Waals surface area contributed by atoms with Crippen LogP contribution < -0.4 is 10.6 Å². The predicted molar refractivity (Wildman–Crippen MR) is 100 cm³/mol. The van der Waals surface area contributed by atoms with Crippen molar-refractivity contribution in [3.8, 4) is 0 Å². The molecule has 0 aromatic rings. The summed E-state index contributed by atoms with van der Waals surface area (Å²) in [5.74, 6) is 0.659. The minimum Gasteiger partial charge on any atom is -0.382 e. The number of guanidine groups is 1. The lowest BCUT2D eigenvalue weighted by atomic mass is 10.3. The SMILES string of the molecule is CCNC(=NCC(=O)N(C)C)NCCCCOCCOC.I. The van der Waals surface area contributed by atoms with Gasteiger partial charge in [-0.2, -0.15) is 0 Å². The molecule has 0 radical (unpaired) electrons. The molecule has 0 aromatic carbocycles. The summed E-state index contributed by atoms with van der Waals surface area (Å²) in [6.45, 7) is 5.72. The Labute approximate surface area is 151 Å². The van der Waals surface area contributed by atoms with E-state index in [0.717, 1.165) is 32.5 Å². The van der Waals surface area contributed by atoms with E-state index in [4.69, 9.17) is 9.47 Å². The van der Waals surface area contributed by atoms with E-state index in [1.54, 1.807) is 21.2 Å². The van der Waals surface area contributed by atoms with Gasteiger partial charge in [0.1, 0.15) is 6.54 Å². The number of likely N-dealkylation sites (N-methyl/N-ethyl adjacent to an activating group) is 1. The van der Waals surface area contributed by atoms with Crippen LogP contribution in [0.2, 0.25) is 0 Å². The molecule has 0 atom stereocenters. The number of hydrogen-bond donors (Lipinski definition) is 2. The largest absolute Gasteiger partial charge is 0.382 e. The number of rotatable bonds is 11. The fourth-order valence-corrected chi connectivity index (χ4v) is 1.41. The van der Waals surface area contributed by atoms with Crippen molar-refractivity contribution in [2.75, 3.05) is 60.7 Å². The molecule has 0 aliphatic heterocycles. The van der Waals surface area contributed by atoms with Gasteiger partial charge >= 0.3 is 0 Å². The van der Waals surface area contributed by atoms with Crippen LogP contribution in [0, 0.1) is 0 Å². The quantitative estimate of drug-likeness (QED) is 0.218. The summed E-state index contributed by atoms with van der Waals surface area (Å²) < 4.78 is 10.3. The van der Waals surface area contributed by atoms with E-state index in [9.17, 15) is 4.79 Å². The Hall–Kier alpha value is -0.610. The summed E-state index contributed by atoms with van der Waals surface area (Å²) in [4.78, 5) is 17.3. The number of unbranched alkanes of at least 4 members (excludes halogenated alkanes) is 1. The Morgan fingerprint density at radius 2 is 1.86 bits per heavy atom. The topological polar surface area (TPSA) is 75.2 Å². The van der Waals surface area contributed by atoms with Crippen LogP contribution in [0.5, 0.6) is 0 Å². The van der Waals surface area contributed by atoms with Crippen molar-refractivity contribution in [2.45, 2.75) is 19.8 Å². The van der Waals surface area contributed by atoms with E-state index in [2.05, 4.69) is 15.6 Å². The maximum Gasteiger partial charge on any atom is 0.243 e. The Morgan fingerprint density at radius 3 is 2.45 bits per heavy atom. The van der Waals surface area contributed by atoms with Crippen molar-refractivity contribution in [3.05, 3.63) is 0 Å². The van der Waals surface area contributed by atoms with Crippen molar-refractivity contribution in [1.82, 2.24) is 15.5 Å². The van der Waals surface area contributed by atoms with E-state index >= 15 is 0 Å². The molecule has 0 bridgehead atoms. The molecule has 0 saturated heterocycles. The highest BCUT2D eigenvalue weighted by Crippen LogP contribution is 1.89. The van der Waals surface area contributed by atoms with Gasteiger partial charge in [-0.3, -0.25) is 4.79 Å². The minimum absolute atomic E-state index is 0. The average molecular weight is 430 g/mol. The highest BCUT2D eigenvalue weighted by Gasteiger charge is 2.03. The van der Waals surface area contributed by atoms with Gasteiger partial charge in [0.15, 0.2) is 5.96 Å². The normalized spacial score (nSPS) is 10.8. The van der Waals surface area contributed by atoms with Crippen LogP contribution in [0.4, 0.5) is 0 Å². The summed E-state index contributed by atoms with van der Waals surface area (Å²) in [6.07, 6.45) is 1.96. The first kappa shape index (κ1) is 23.7. The molecule has 0 fully saturated rings. The molecule has 0 rings (SSSR count). The number of halogens is 1. The van der Waals surface area contributed by atoms with Crippen molar-refractivity contribution >= 4 is 35.8 Å². The van der Waals surface area contributed by atoms with Gasteiger partial charge in [0.05, 0.1) is 13.2 Å². The van der Waals surface area contributed by atoms with Crippen LogP contribution in [0.25, 0.3) is 0 Å². The number of carbonyl (C=O) groups is 1. The third-order valence-electron chi connectivity index (χ3n) is 2.66. The highest BCUT2D eigenvalue weighted by atomic mass is 127. The molecule has 0 saturated carbocycles. The van der Waals surface area contributed by atoms with Crippen LogP contribution in [0.15, 0.2) is 4.99 Å². The zero-order chi connectivity index (χ0) is 15.9. The van der Waals surface area contributed by atoms with Gasteiger partial charge in [-0.05, 0) is 19.8 Å². The molecule has 0 aliphatic rings. The van der Waals surface area contributed by atoms with Crippen molar-refractivity contribution in [2.24, 2.45) is 4.99 Å². The molecule has 7 nitrogen and oxygen atoms in total. The Balaban J connectivity index is 0. The number of aliphatic imine (C=N–C) groups is 1. The third-order valence-corrected chi connectivity index (χ3v) is 2.66. The number of hydrogen-bond acceptors (Lipinski definition) is 4.